The number of carbonyl (C=O) groups is 2. The molecule has 2 aliphatic rings. The normalized spacial score (nSPS) is 22.6. The van der Waals surface area contributed by atoms with Gasteiger partial charge in [0.15, 0.2) is 0 Å². The van der Waals surface area contributed by atoms with Gasteiger partial charge in [-0.3, -0.25) is 4.79 Å². The number of nitrogens with zero attached hydrogens (tertiary/aromatic N) is 2. The number of carboxylic acid groups (broad SMARTS) is 1. The topological polar surface area (TPSA) is 70.1 Å². The number of piperidine rings is 1. The third-order valence-corrected chi connectivity index (χ3v) is 8.83. The zero-order valence-corrected chi connectivity index (χ0v) is 24.2. The average molecular weight is 547 g/mol. The fraction of sp³-hybridized carbons (Fsp3) is 0.529. The fourth-order valence-electron chi connectivity index (χ4n) is 6.87. The van der Waals surface area contributed by atoms with Gasteiger partial charge < -0.3 is 19.6 Å². The number of likely N-dealkylation sites (tertiary alicyclic amines) is 1. The second-order valence-electron chi connectivity index (χ2n) is 12.1. The van der Waals surface area contributed by atoms with Gasteiger partial charge in [-0.1, -0.05) is 80.6 Å². The predicted molar refractivity (Wildman–Crippen MR) is 159 cm³/mol. The molecular weight excluding hydrogens is 500 g/mol. The lowest BCUT2D eigenvalue weighted by Crippen LogP contribution is -2.48. The van der Waals surface area contributed by atoms with E-state index in [4.69, 9.17) is 4.74 Å². The van der Waals surface area contributed by atoms with Crippen LogP contribution < -0.4 is 0 Å². The van der Waals surface area contributed by atoms with E-state index < -0.39 is 5.97 Å². The number of aliphatic carboxylic acids is 1. The van der Waals surface area contributed by atoms with Gasteiger partial charge in [0.1, 0.15) is 6.61 Å². The van der Waals surface area contributed by atoms with Crippen LogP contribution in [-0.4, -0.2) is 59.2 Å². The van der Waals surface area contributed by atoms with Crippen LogP contribution in [0.4, 0.5) is 4.79 Å². The highest BCUT2D eigenvalue weighted by atomic mass is 16.6. The van der Waals surface area contributed by atoms with Crippen molar-refractivity contribution in [2.75, 3.05) is 26.2 Å². The van der Waals surface area contributed by atoms with E-state index in [1.165, 1.54) is 5.56 Å². The molecule has 6 heteroatoms. The van der Waals surface area contributed by atoms with Crippen LogP contribution >= 0.6 is 0 Å². The Bertz CT molecular complexity index is 1080. The third-order valence-electron chi connectivity index (χ3n) is 8.83. The first-order valence-corrected chi connectivity index (χ1v) is 14.9. The molecule has 1 aliphatic carbocycles. The van der Waals surface area contributed by atoms with Crippen molar-refractivity contribution in [3.05, 3.63) is 84.4 Å². The summed E-state index contributed by atoms with van der Waals surface area (Å²) in [6, 6.07) is 20.5. The molecule has 2 unspecified atom stereocenters. The molecule has 4 rings (SSSR count). The largest absolute Gasteiger partial charge is 0.481 e. The van der Waals surface area contributed by atoms with Crippen molar-refractivity contribution in [2.24, 2.45) is 23.7 Å². The zero-order chi connectivity index (χ0) is 28.5. The summed E-state index contributed by atoms with van der Waals surface area (Å²) in [5.41, 5.74) is 2.31. The van der Waals surface area contributed by atoms with Gasteiger partial charge >= 0.3 is 12.1 Å². The Balaban J connectivity index is 1.37. The number of hydrogen-bond acceptors (Lipinski definition) is 4. The molecule has 40 heavy (non-hydrogen) atoms. The average Bonchev–Trinajstić information content (AvgIpc) is 3.38. The molecule has 2 aromatic rings. The lowest BCUT2D eigenvalue weighted by Gasteiger charge is -2.39. The monoisotopic (exact) mass is 546 g/mol. The highest BCUT2D eigenvalue weighted by Gasteiger charge is 2.42. The molecule has 1 amide bonds. The van der Waals surface area contributed by atoms with Crippen molar-refractivity contribution < 1.29 is 19.4 Å². The molecule has 0 radical (unpaired) electrons. The zero-order valence-electron chi connectivity index (χ0n) is 24.2. The number of amides is 1. The summed E-state index contributed by atoms with van der Waals surface area (Å²) >= 11 is 0. The number of rotatable bonds is 12. The van der Waals surface area contributed by atoms with Gasteiger partial charge in [0.05, 0.1) is 5.92 Å². The highest BCUT2D eigenvalue weighted by molar-refractivity contribution is 5.70. The Kier molecular flexibility index (Phi) is 10.8. The standard InChI is InChI=1S/C34H46N2O4/c1-4-17-36(34(39)40-24-26-11-7-5-8-12-26)30-15-18-35(19-16-30)23-29-21-28(32(33(37)38)20-25(2)3)22-31(29)27-13-9-6-10-14-27/h4-14,25,28-32H,1,15-24H2,2-3H3,(H,37,38)/t28?,29-,31-,32?/m1/s1. The molecular formula is C34H46N2O4. The lowest BCUT2D eigenvalue weighted by atomic mass is 9.83. The van der Waals surface area contributed by atoms with E-state index >= 15 is 0 Å². The van der Waals surface area contributed by atoms with Crippen LogP contribution in [-0.2, 0) is 16.1 Å². The molecule has 0 aromatic heterocycles. The van der Waals surface area contributed by atoms with E-state index in [0.29, 0.717) is 24.3 Å². The van der Waals surface area contributed by atoms with Crippen molar-refractivity contribution in [3.8, 4) is 0 Å². The fourth-order valence-corrected chi connectivity index (χ4v) is 6.87. The van der Waals surface area contributed by atoms with E-state index in [-0.39, 0.29) is 30.6 Å². The molecule has 1 N–H and O–H groups in total. The van der Waals surface area contributed by atoms with Crippen molar-refractivity contribution in [1.29, 1.82) is 0 Å². The SMILES string of the molecule is C=CCN(C(=O)OCc1ccccc1)C1CCN(C[C@H]2CC(C(CC(C)C)C(=O)O)C[C@@H]2c2ccccc2)CC1. The van der Waals surface area contributed by atoms with Crippen molar-refractivity contribution in [1.82, 2.24) is 9.80 Å². The van der Waals surface area contributed by atoms with E-state index in [1.807, 2.05) is 41.3 Å². The van der Waals surface area contributed by atoms with E-state index in [0.717, 1.165) is 57.3 Å². The van der Waals surface area contributed by atoms with Crippen LogP contribution in [0.5, 0.6) is 0 Å². The Morgan fingerprint density at radius 1 is 1.05 bits per heavy atom. The minimum absolute atomic E-state index is 0.126. The maximum atomic E-state index is 13.0. The molecule has 216 valence electrons. The maximum Gasteiger partial charge on any atom is 0.410 e. The number of carboxylic acids is 1. The van der Waals surface area contributed by atoms with Crippen molar-refractivity contribution in [3.63, 3.8) is 0 Å². The second kappa shape index (κ2) is 14.5. The van der Waals surface area contributed by atoms with Crippen LogP contribution in [0.2, 0.25) is 0 Å². The van der Waals surface area contributed by atoms with Gasteiger partial charge in [-0.05, 0) is 66.9 Å². The molecule has 1 saturated carbocycles. The van der Waals surface area contributed by atoms with Gasteiger partial charge in [0.2, 0.25) is 0 Å². The number of hydrogen-bond donors (Lipinski definition) is 1. The summed E-state index contributed by atoms with van der Waals surface area (Å²) in [5.74, 6) is 0.452. The number of ether oxygens (including phenoxy) is 1. The van der Waals surface area contributed by atoms with Crippen LogP contribution in [0, 0.1) is 23.7 Å². The second-order valence-corrected chi connectivity index (χ2v) is 12.1. The summed E-state index contributed by atoms with van der Waals surface area (Å²) in [5, 5.41) is 10.1. The molecule has 1 saturated heterocycles. The van der Waals surface area contributed by atoms with Crippen LogP contribution in [0.25, 0.3) is 0 Å². The Labute approximate surface area is 240 Å². The van der Waals surface area contributed by atoms with Gasteiger partial charge in [-0.2, -0.15) is 0 Å². The molecule has 1 aliphatic heterocycles. The Morgan fingerprint density at radius 2 is 1.70 bits per heavy atom. The van der Waals surface area contributed by atoms with Gasteiger partial charge in [0, 0.05) is 32.2 Å². The van der Waals surface area contributed by atoms with Crippen LogP contribution in [0.15, 0.2) is 73.3 Å². The molecule has 1 heterocycles. The molecule has 2 fully saturated rings. The van der Waals surface area contributed by atoms with Crippen LogP contribution in [0.3, 0.4) is 0 Å². The van der Waals surface area contributed by atoms with Gasteiger partial charge in [0.25, 0.3) is 0 Å². The van der Waals surface area contributed by atoms with Crippen molar-refractivity contribution >= 4 is 12.1 Å². The van der Waals surface area contributed by atoms with E-state index in [9.17, 15) is 14.7 Å². The van der Waals surface area contributed by atoms with Crippen LogP contribution in [0.1, 0.15) is 63.0 Å². The molecule has 0 spiro atoms. The number of benzene rings is 2. The summed E-state index contributed by atoms with van der Waals surface area (Å²) < 4.78 is 5.65. The Morgan fingerprint density at radius 3 is 2.30 bits per heavy atom. The van der Waals surface area contributed by atoms with E-state index in [1.54, 1.807) is 6.08 Å². The van der Waals surface area contributed by atoms with Crippen molar-refractivity contribution in [2.45, 2.75) is 64.5 Å². The summed E-state index contributed by atoms with van der Waals surface area (Å²) in [7, 11) is 0. The van der Waals surface area contributed by atoms with Gasteiger partial charge in [-0.25, -0.2) is 4.79 Å². The van der Waals surface area contributed by atoms with E-state index in [2.05, 4.69) is 49.6 Å². The first-order chi connectivity index (χ1) is 19.4. The minimum Gasteiger partial charge on any atom is -0.481 e. The predicted octanol–water partition coefficient (Wildman–Crippen LogP) is 6.83. The first-order valence-electron chi connectivity index (χ1n) is 14.9. The molecule has 2 aromatic carbocycles. The first kappa shape index (κ1) is 29.9. The molecule has 0 bridgehead atoms. The Hall–Kier alpha value is -3.12. The summed E-state index contributed by atoms with van der Waals surface area (Å²) in [4.78, 5) is 29.6. The molecule has 6 nitrogen and oxygen atoms in total. The summed E-state index contributed by atoms with van der Waals surface area (Å²) in [6.45, 7) is 11.7. The lowest BCUT2D eigenvalue weighted by molar-refractivity contribution is -0.144. The highest BCUT2D eigenvalue weighted by Crippen LogP contribution is 2.47. The quantitative estimate of drug-likeness (QED) is 0.296. The smallest absolute Gasteiger partial charge is 0.410 e. The maximum absolute atomic E-state index is 13.0. The minimum atomic E-state index is -0.645. The molecule has 4 atom stereocenters. The summed E-state index contributed by atoms with van der Waals surface area (Å²) in [6.07, 6.45) is 5.91. The third kappa shape index (κ3) is 7.97. The van der Waals surface area contributed by atoms with Gasteiger partial charge in [-0.15, -0.1) is 6.58 Å². The number of carbonyl (C=O) groups excluding carboxylic acids is 1.